The van der Waals surface area contributed by atoms with Gasteiger partial charge in [0.25, 0.3) is 0 Å². The molecule has 0 saturated heterocycles. The molecule has 0 aromatic heterocycles. The summed E-state index contributed by atoms with van der Waals surface area (Å²) >= 11 is 0. The van der Waals surface area contributed by atoms with E-state index in [0.29, 0.717) is 19.6 Å². The van der Waals surface area contributed by atoms with Crippen molar-refractivity contribution in [2.24, 2.45) is 5.73 Å². The van der Waals surface area contributed by atoms with Crippen molar-refractivity contribution in [1.82, 2.24) is 5.32 Å². The third-order valence-electron chi connectivity index (χ3n) is 1.64. The van der Waals surface area contributed by atoms with Gasteiger partial charge in [0.1, 0.15) is 0 Å². The van der Waals surface area contributed by atoms with Crippen molar-refractivity contribution in [3.8, 4) is 0 Å². The molecule has 0 fully saturated rings. The predicted octanol–water partition coefficient (Wildman–Crippen LogP) is 0.657. The van der Waals surface area contributed by atoms with Gasteiger partial charge in [-0.3, -0.25) is 4.79 Å². The Hall–Kier alpha value is -0.610. The molecule has 3 N–H and O–H groups in total. The van der Waals surface area contributed by atoms with Crippen LogP contribution >= 0.6 is 0 Å². The summed E-state index contributed by atoms with van der Waals surface area (Å²) in [6.45, 7) is 6.09. The van der Waals surface area contributed by atoms with Crippen molar-refractivity contribution in [3.63, 3.8) is 0 Å². The van der Waals surface area contributed by atoms with E-state index < -0.39 is 0 Å². The number of nitrogens with two attached hydrogens (primary N) is 1. The summed E-state index contributed by atoms with van der Waals surface area (Å²) in [6, 6.07) is -0.0636. The summed E-state index contributed by atoms with van der Waals surface area (Å²) in [5.41, 5.74) is 5.48. The number of carbonyl (C=O) groups excluding carboxylic acids is 1. The molecule has 0 radical (unpaired) electrons. The average molecular weight is 202 g/mol. The van der Waals surface area contributed by atoms with E-state index in [9.17, 15) is 4.79 Å². The van der Waals surface area contributed by atoms with Crippen LogP contribution in [0.5, 0.6) is 0 Å². The lowest BCUT2D eigenvalue weighted by Gasteiger charge is -2.07. The molecule has 0 aliphatic carbocycles. The number of ether oxygens (including phenoxy) is 1. The first-order chi connectivity index (χ1) is 6.66. The standard InChI is InChI=1S/C10H22N2O2/c1-3-6-14-7-4-5-12-10(13)8-9(2)11/h9H,3-8,11H2,1-2H3,(H,12,13). The van der Waals surface area contributed by atoms with Crippen molar-refractivity contribution in [2.45, 2.75) is 39.2 Å². The molecule has 84 valence electrons. The minimum atomic E-state index is -0.0636. The summed E-state index contributed by atoms with van der Waals surface area (Å²) in [5.74, 6) is 0.0236. The van der Waals surface area contributed by atoms with Crippen LogP contribution in [0, 0.1) is 0 Å². The van der Waals surface area contributed by atoms with E-state index >= 15 is 0 Å². The molecule has 0 aliphatic rings. The molecule has 0 spiro atoms. The average Bonchev–Trinajstić information content (AvgIpc) is 2.10. The van der Waals surface area contributed by atoms with Gasteiger partial charge in [-0.1, -0.05) is 6.92 Å². The molecule has 1 amide bonds. The third-order valence-corrected chi connectivity index (χ3v) is 1.64. The Morgan fingerprint density at radius 3 is 2.79 bits per heavy atom. The fourth-order valence-corrected chi connectivity index (χ4v) is 1.01. The summed E-state index contributed by atoms with van der Waals surface area (Å²) in [6.07, 6.45) is 2.30. The van der Waals surface area contributed by atoms with E-state index in [4.69, 9.17) is 10.5 Å². The maximum atomic E-state index is 11.1. The first-order valence-corrected chi connectivity index (χ1v) is 5.26. The van der Waals surface area contributed by atoms with E-state index in [1.54, 1.807) is 0 Å². The molecule has 0 aromatic rings. The van der Waals surface area contributed by atoms with E-state index in [0.717, 1.165) is 19.4 Å². The van der Waals surface area contributed by atoms with Gasteiger partial charge in [-0.05, 0) is 19.8 Å². The molecule has 4 heteroatoms. The van der Waals surface area contributed by atoms with Crippen molar-refractivity contribution in [2.75, 3.05) is 19.8 Å². The maximum Gasteiger partial charge on any atom is 0.221 e. The van der Waals surface area contributed by atoms with Crippen molar-refractivity contribution < 1.29 is 9.53 Å². The molecule has 0 rings (SSSR count). The zero-order chi connectivity index (χ0) is 10.8. The minimum absolute atomic E-state index is 0.0236. The maximum absolute atomic E-state index is 11.1. The van der Waals surface area contributed by atoms with Crippen LogP contribution in [0.15, 0.2) is 0 Å². The Morgan fingerprint density at radius 2 is 2.21 bits per heavy atom. The molecule has 14 heavy (non-hydrogen) atoms. The number of hydrogen-bond donors (Lipinski definition) is 2. The lowest BCUT2D eigenvalue weighted by atomic mass is 10.2. The van der Waals surface area contributed by atoms with E-state index in [-0.39, 0.29) is 11.9 Å². The second kappa shape index (κ2) is 8.97. The zero-order valence-electron chi connectivity index (χ0n) is 9.21. The molecule has 0 aliphatic heterocycles. The van der Waals surface area contributed by atoms with Gasteiger partial charge in [0.2, 0.25) is 5.91 Å². The highest BCUT2D eigenvalue weighted by atomic mass is 16.5. The number of nitrogens with one attached hydrogen (secondary N) is 1. The molecule has 0 saturated carbocycles. The van der Waals surface area contributed by atoms with Gasteiger partial charge in [-0.15, -0.1) is 0 Å². The van der Waals surface area contributed by atoms with Crippen LogP contribution in [0.1, 0.15) is 33.1 Å². The Labute approximate surface area is 86.2 Å². The predicted molar refractivity (Wildman–Crippen MR) is 57.0 cm³/mol. The summed E-state index contributed by atoms with van der Waals surface area (Å²) < 4.78 is 5.27. The van der Waals surface area contributed by atoms with E-state index in [2.05, 4.69) is 12.2 Å². The fraction of sp³-hybridized carbons (Fsp3) is 0.900. The topological polar surface area (TPSA) is 64.3 Å². The molecule has 1 unspecified atom stereocenters. The second-order valence-corrected chi connectivity index (χ2v) is 3.50. The van der Waals surface area contributed by atoms with Gasteiger partial charge >= 0.3 is 0 Å². The van der Waals surface area contributed by atoms with Crippen LogP contribution in [0.25, 0.3) is 0 Å². The highest BCUT2D eigenvalue weighted by Gasteiger charge is 2.02. The minimum Gasteiger partial charge on any atom is -0.381 e. The molecular formula is C10H22N2O2. The first kappa shape index (κ1) is 13.4. The molecule has 4 nitrogen and oxygen atoms in total. The van der Waals surface area contributed by atoms with Gasteiger partial charge in [-0.25, -0.2) is 0 Å². The molecule has 0 heterocycles. The lowest BCUT2D eigenvalue weighted by molar-refractivity contribution is -0.121. The van der Waals surface area contributed by atoms with Crippen LogP contribution in [-0.2, 0) is 9.53 Å². The van der Waals surface area contributed by atoms with Crippen molar-refractivity contribution >= 4 is 5.91 Å². The van der Waals surface area contributed by atoms with Crippen LogP contribution < -0.4 is 11.1 Å². The third kappa shape index (κ3) is 9.48. The number of amides is 1. The van der Waals surface area contributed by atoms with Crippen molar-refractivity contribution in [3.05, 3.63) is 0 Å². The number of hydrogen-bond acceptors (Lipinski definition) is 3. The van der Waals surface area contributed by atoms with E-state index in [1.165, 1.54) is 0 Å². The SMILES string of the molecule is CCCOCCCNC(=O)CC(C)N. The molecular weight excluding hydrogens is 180 g/mol. The first-order valence-electron chi connectivity index (χ1n) is 5.26. The van der Waals surface area contributed by atoms with Crippen LogP contribution in [0.3, 0.4) is 0 Å². The number of carbonyl (C=O) groups is 1. The van der Waals surface area contributed by atoms with Gasteiger partial charge < -0.3 is 15.8 Å². The summed E-state index contributed by atoms with van der Waals surface area (Å²) in [4.78, 5) is 11.1. The second-order valence-electron chi connectivity index (χ2n) is 3.50. The monoisotopic (exact) mass is 202 g/mol. The quantitative estimate of drug-likeness (QED) is 0.568. The van der Waals surface area contributed by atoms with Crippen LogP contribution in [0.2, 0.25) is 0 Å². The normalized spacial score (nSPS) is 12.5. The number of rotatable bonds is 8. The Bertz CT molecular complexity index is 149. The van der Waals surface area contributed by atoms with Gasteiger partial charge in [0.15, 0.2) is 0 Å². The van der Waals surface area contributed by atoms with E-state index in [1.807, 2.05) is 6.92 Å². The Morgan fingerprint density at radius 1 is 1.50 bits per heavy atom. The summed E-state index contributed by atoms with van der Waals surface area (Å²) in [7, 11) is 0. The van der Waals surface area contributed by atoms with Gasteiger partial charge in [0, 0.05) is 32.2 Å². The fourth-order valence-electron chi connectivity index (χ4n) is 1.01. The van der Waals surface area contributed by atoms with Gasteiger partial charge in [-0.2, -0.15) is 0 Å². The zero-order valence-corrected chi connectivity index (χ0v) is 9.21. The van der Waals surface area contributed by atoms with Crippen molar-refractivity contribution in [1.29, 1.82) is 0 Å². The molecule has 0 bridgehead atoms. The lowest BCUT2D eigenvalue weighted by Crippen LogP contribution is -2.30. The van der Waals surface area contributed by atoms with Crippen LogP contribution in [-0.4, -0.2) is 31.7 Å². The molecule has 1 atom stereocenters. The van der Waals surface area contributed by atoms with Crippen LogP contribution in [0.4, 0.5) is 0 Å². The Kier molecular flexibility index (Phi) is 8.57. The Balaban J connectivity index is 3.15. The highest BCUT2D eigenvalue weighted by molar-refractivity contribution is 5.76. The highest BCUT2D eigenvalue weighted by Crippen LogP contribution is 1.87. The molecule has 0 aromatic carbocycles. The largest absolute Gasteiger partial charge is 0.381 e. The smallest absolute Gasteiger partial charge is 0.221 e. The van der Waals surface area contributed by atoms with Gasteiger partial charge in [0.05, 0.1) is 0 Å². The summed E-state index contributed by atoms with van der Waals surface area (Å²) in [5, 5.41) is 2.79.